The Balaban J connectivity index is 1.52. The van der Waals surface area contributed by atoms with Gasteiger partial charge in [0.05, 0.1) is 5.92 Å². The molecule has 9 heteroatoms. The monoisotopic (exact) mass is 463 g/mol. The fourth-order valence-electron chi connectivity index (χ4n) is 2.89. The van der Waals surface area contributed by atoms with Crippen LogP contribution in [0, 0.1) is 11.7 Å². The van der Waals surface area contributed by atoms with Crippen LogP contribution in [-0.2, 0) is 14.4 Å². The Labute approximate surface area is 175 Å². The first-order chi connectivity index (χ1) is 13.8. The molecule has 1 saturated heterocycles. The van der Waals surface area contributed by atoms with Gasteiger partial charge in [-0.25, -0.2) is 4.39 Å². The zero-order valence-corrected chi connectivity index (χ0v) is 17.1. The molecule has 152 valence electrons. The number of para-hydroxylation sites is 1. The Hall–Kier alpha value is -2.94. The SMILES string of the molecule is CC(Oc1ccccc1F)C(=O)NNC(=O)C1CC(=O)N(c2cccc(Br)c2)C1. The van der Waals surface area contributed by atoms with Gasteiger partial charge in [0, 0.05) is 23.1 Å². The van der Waals surface area contributed by atoms with Crippen molar-refractivity contribution in [2.75, 3.05) is 11.4 Å². The highest BCUT2D eigenvalue weighted by atomic mass is 79.9. The number of nitrogens with zero attached hydrogens (tertiary/aromatic N) is 1. The van der Waals surface area contributed by atoms with Crippen molar-refractivity contribution in [1.29, 1.82) is 0 Å². The molecule has 2 N–H and O–H groups in total. The van der Waals surface area contributed by atoms with Gasteiger partial charge >= 0.3 is 0 Å². The summed E-state index contributed by atoms with van der Waals surface area (Å²) in [6.07, 6.45) is -0.995. The molecule has 3 amide bonds. The minimum atomic E-state index is -1.03. The summed E-state index contributed by atoms with van der Waals surface area (Å²) in [5.74, 6) is -2.56. The largest absolute Gasteiger partial charge is 0.478 e. The van der Waals surface area contributed by atoms with Gasteiger partial charge in [-0.1, -0.05) is 34.1 Å². The minimum absolute atomic E-state index is 0.0372. The quantitative estimate of drug-likeness (QED) is 0.667. The molecule has 29 heavy (non-hydrogen) atoms. The fourth-order valence-corrected chi connectivity index (χ4v) is 3.28. The molecule has 2 unspecified atom stereocenters. The number of amides is 3. The predicted molar refractivity (Wildman–Crippen MR) is 107 cm³/mol. The lowest BCUT2D eigenvalue weighted by Crippen LogP contribution is -2.49. The van der Waals surface area contributed by atoms with Crippen LogP contribution >= 0.6 is 15.9 Å². The first-order valence-corrected chi connectivity index (χ1v) is 9.71. The van der Waals surface area contributed by atoms with Gasteiger partial charge in [0.25, 0.3) is 5.91 Å². The number of hydrazine groups is 1. The summed E-state index contributed by atoms with van der Waals surface area (Å²) in [6, 6.07) is 12.9. The molecule has 1 aliphatic heterocycles. The number of benzene rings is 2. The molecular weight excluding hydrogens is 445 g/mol. The summed E-state index contributed by atoms with van der Waals surface area (Å²) >= 11 is 3.36. The topological polar surface area (TPSA) is 87.7 Å². The van der Waals surface area contributed by atoms with Crippen molar-refractivity contribution in [1.82, 2.24) is 10.9 Å². The lowest BCUT2D eigenvalue weighted by Gasteiger charge is -2.18. The Morgan fingerprint density at radius 2 is 1.97 bits per heavy atom. The summed E-state index contributed by atoms with van der Waals surface area (Å²) in [6.45, 7) is 1.64. The van der Waals surface area contributed by atoms with Gasteiger partial charge in [-0.05, 0) is 37.3 Å². The Kier molecular flexibility index (Phi) is 6.48. The second-order valence-corrected chi connectivity index (χ2v) is 7.47. The molecule has 0 bridgehead atoms. The third-order valence-electron chi connectivity index (χ3n) is 4.43. The van der Waals surface area contributed by atoms with E-state index >= 15 is 0 Å². The molecule has 0 aromatic heterocycles. The van der Waals surface area contributed by atoms with E-state index in [0.717, 1.165) is 4.47 Å². The van der Waals surface area contributed by atoms with E-state index in [1.807, 2.05) is 6.07 Å². The van der Waals surface area contributed by atoms with Crippen LogP contribution in [0.4, 0.5) is 10.1 Å². The Morgan fingerprint density at radius 3 is 2.69 bits per heavy atom. The Morgan fingerprint density at radius 1 is 1.21 bits per heavy atom. The normalized spacial score (nSPS) is 17.0. The van der Waals surface area contributed by atoms with Crippen molar-refractivity contribution in [3.05, 3.63) is 58.8 Å². The van der Waals surface area contributed by atoms with Gasteiger partial charge in [-0.3, -0.25) is 25.2 Å². The molecule has 1 fully saturated rings. The van der Waals surface area contributed by atoms with Crippen LogP contribution in [-0.4, -0.2) is 30.4 Å². The van der Waals surface area contributed by atoms with Crippen molar-refractivity contribution in [3.63, 3.8) is 0 Å². The predicted octanol–water partition coefficient (Wildman–Crippen LogP) is 2.56. The maximum absolute atomic E-state index is 13.6. The second-order valence-electron chi connectivity index (χ2n) is 6.55. The molecule has 7 nitrogen and oxygen atoms in total. The summed E-state index contributed by atoms with van der Waals surface area (Å²) in [5, 5.41) is 0. The van der Waals surface area contributed by atoms with E-state index < -0.39 is 29.7 Å². The smallest absolute Gasteiger partial charge is 0.279 e. The number of ether oxygens (including phenoxy) is 1. The van der Waals surface area contributed by atoms with E-state index in [1.165, 1.54) is 30.0 Å². The number of nitrogens with one attached hydrogen (secondary N) is 2. The molecule has 0 saturated carbocycles. The summed E-state index contributed by atoms with van der Waals surface area (Å²) < 4.78 is 19.7. The number of halogens is 2. The van der Waals surface area contributed by atoms with E-state index in [1.54, 1.807) is 24.3 Å². The number of carbonyl (C=O) groups excluding carboxylic acids is 3. The van der Waals surface area contributed by atoms with Crippen molar-refractivity contribution >= 4 is 39.3 Å². The third kappa shape index (κ3) is 5.11. The van der Waals surface area contributed by atoms with Crippen LogP contribution < -0.4 is 20.5 Å². The van der Waals surface area contributed by atoms with Gasteiger partial charge in [-0.2, -0.15) is 0 Å². The van der Waals surface area contributed by atoms with E-state index in [4.69, 9.17) is 4.74 Å². The van der Waals surface area contributed by atoms with Crippen LogP contribution in [0.3, 0.4) is 0 Å². The average molecular weight is 464 g/mol. The first kappa shape index (κ1) is 20.8. The molecule has 0 radical (unpaired) electrons. The van der Waals surface area contributed by atoms with Gasteiger partial charge in [-0.15, -0.1) is 0 Å². The molecule has 0 spiro atoms. The van der Waals surface area contributed by atoms with E-state index in [2.05, 4.69) is 26.8 Å². The van der Waals surface area contributed by atoms with Crippen LogP contribution in [0.2, 0.25) is 0 Å². The molecule has 0 aliphatic carbocycles. The third-order valence-corrected chi connectivity index (χ3v) is 4.93. The molecule has 3 rings (SSSR count). The van der Waals surface area contributed by atoms with Crippen LogP contribution in [0.5, 0.6) is 5.75 Å². The zero-order valence-electron chi connectivity index (χ0n) is 15.5. The number of anilines is 1. The zero-order chi connectivity index (χ0) is 21.0. The highest BCUT2D eigenvalue weighted by molar-refractivity contribution is 9.10. The second kappa shape index (κ2) is 9.04. The van der Waals surface area contributed by atoms with Gasteiger partial charge in [0.2, 0.25) is 11.8 Å². The summed E-state index contributed by atoms with van der Waals surface area (Å²) in [5.41, 5.74) is 5.25. The first-order valence-electron chi connectivity index (χ1n) is 8.92. The molecule has 2 aromatic rings. The maximum Gasteiger partial charge on any atom is 0.279 e. The fraction of sp³-hybridized carbons (Fsp3) is 0.250. The number of hydrogen-bond acceptors (Lipinski definition) is 4. The lowest BCUT2D eigenvalue weighted by atomic mass is 10.1. The van der Waals surface area contributed by atoms with Gasteiger partial charge < -0.3 is 9.64 Å². The minimum Gasteiger partial charge on any atom is -0.478 e. The van der Waals surface area contributed by atoms with Crippen LogP contribution in [0.25, 0.3) is 0 Å². The van der Waals surface area contributed by atoms with E-state index in [-0.39, 0.29) is 24.6 Å². The average Bonchev–Trinajstić information content (AvgIpc) is 3.09. The molecule has 1 aliphatic rings. The maximum atomic E-state index is 13.6. The highest BCUT2D eigenvalue weighted by Gasteiger charge is 2.35. The Bertz CT molecular complexity index is 939. The molecule has 2 atom stereocenters. The van der Waals surface area contributed by atoms with Crippen LogP contribution in [0.15, 0.2) is 53.0 Å². The summed E-state index contributed by atoms with van der Waals surface area (Å²) in [7, 11) is 0. The van der Waals surface area contributed by atoms with Crippen LogP contribution in [0.1, 0.15) is 13.3 Å². The summed E-state index contributed by atoms with van der Waals surface area (Å²) in [4.78, 5) is 38.3. The number of carbonyl (C=O) groups is 3. The molecular formula is C20H19BrFN3O4. The van der Waals surface area contributed by atoms with E-state index in [9.17, 15) is 18.8 Å². The van der Waals surface area contributed by atoms with Crippen molar-refractivity contribution < 1.29 is 23.5 Å². The lowest BCUT2D eigenvalue weighted by molar-refractivity contribution is -0.134. The van der Waals surface area contributed by atoms with Crippen molar-refractivity contribution in [2.45, 2.75) is 19.4 Å². The standard InChI is InChI=1S/C20H19BrFN3O4/c1-12(29-17-8-3-2-7-16(17)22)19(27)23-24-20(28)13-9-18(26)25(11-13)15-6-4-5-14(21)10-15/h2-8,10,12-13H,9,11H2,1H3,(H,23,27)(H,24,28). The highest BCUT2D eigenvalue weighted by Crippen LogP contribution is 2.27. The van der Waals surface area contributed by atoms with Gasteiger partial charge in [0.1, 0.15) is 0 Å². The van der Waals surface area contributed by atoms with Crippen molar-refractivity contribution in [3.8, 4) is 5.75 Å². The van der Waals surface area contributed by atoms with Gasteiger partial charge in [0.15, 0.2) is 17.7 Å². The molecule has 1 heterocycles. The van der Waals surface area contributed by atoms with Crippen molar-refractivity contribution in [2.24, 2.45) is 5.92 Å². The number of hydrogen-bond donors (Lipinski definition) is 2. The molecule has 2 aromatic carbocycles. The van der Waals surface area contributed by atoms with E-state index in [0.29, 0.717) is 5.69 Å². The number of rotatable bonds is 5.